The Morgan fingerprint density at radius 2 is 2.71 bits per heavy atom. The maximum Gasteiger partial charge on any atom is 0.143 e. The molecule has 1 heterocycles. The molecule has 0 aromatic rings. The van der Waals surface area contributed by atoms with Gasteiger partial charge in [-0.3, -0.25) is 0 Å². The number of nitrogens with zero attached hydrogens (tertiary/aromatic N) is 1. The lowest BCUT2D eigenvalue weighted by atomic mass is 10.3. The molecule has 3 nitrogen and oxygen atoms in total. The van der Waals surface area contributed by atoms with Crippen LogP contribution in [-0.2, 0) is 4.84 Å². The highest BCUT2D eigenvalue weighted by molar-refractivity contribution is 5.81. The molecule has 2 N–H and O–H groups in total. The maximum atomic E-state index is 5.25. The zero-order valence-electron chi connectivity index (χ0n) is 4.22. The molecule has 0 fully saturated rings. The summed E-state index contributed by atoms with van der Waals surface area (Å²) >= 11 is 0. The normalized spacial score (nSPS) is 29.3. The van der Waals surface area contributed by atoms with Crippen molar-refractivity contribution in [1.29, 1.82) is 0 Å². The SMILES string of the molecule is CC1CC(N)=NO1. The van der Waals surface area contributed by atoms with Gasteiger partial charge in [-0.15, -0.1) is 0 Å². The molecule has 0 bridgehead atoms. The van der Waals surface area contributed by atoms with Crippen molar-refractivity contribution in [2.24, 2.45) is 10.9 Å². The molecule has 0 amide bonds. The first-order valence-corrected chi connectivity index (χ1v) is 2.27. The highest BCUT2D eigenvalue weighted by Crippen LogP contribution is 2.04. The second-order valence-electron chi connectivity index (χ2n) is 1.70. The van der Waals surface area contributed by atoms with Crippen LogP contribution in [0.5, 0.6) is 0 Å². The lowest BCUT2D eigenvalue weighted by Gasteiger charge is -1.93. The van der Waals surface area contributed by atoms with Gasteiger partial charge in [0.1, 0.15) is 11.9 Å². The summed E-state index contributed by atoms with van der Waals surface area (Å²) in [6.45, 7) is 1.93. The molecule has 0 aromatic carbocycles. The van der Waals surface area contributed by atoms with Crippen LogP contribution in [0.1, 0.15) is 13.3 Å². The predicted molar refractivity (Wildman–Crippen MR) is 26.8 cm³/mol. The topological polar surface area (TPSA) is 47.6 Å². The summed E-state index contributed by atoms with van der Waals surface area (Å²) in [5.74, 6) is 0.604. The van der Waals surface area contributed by atoms with E-state index in [1.165, 1.54) is 0 Å². The zero-order valence-corrected chi connectivity index (χ0v) is 4.22. The van der Waals surface area contributed by atoms with Gasteiger partial charge in [-0.1, -0.05) is 5.16 Å². The monoisotopic (exact) mass is 100 g/mol. The van der Waals surface area contributed by atoms with Gasteiger partial charge < -0.3 is 10.6 Å². The van der Waals surface area contributed by atoms with Gasteiger partial charge in [-0.2, -0.15) is 0 Å². The maximum absolute atomic E-state index is 5.25. The van der Waals surface area contributed by atoms with E-state index in [0.717, 1.165) is 6.42 Å². The number of amidine groups is 1. The van der Waals surface area contributed by atoms with E-state index in [-0.39, 0.29) is 6.10 Å². The van der Waals surface area contributed by atoms with Crippen molar-refractivity contribution in [1.82, 2.24) is 0 Å². The second-order valence-corrected chi connectivity index (χ2v) is 1.70. The zero-order chi connectivity index (χ0) is 5.28. The molecular formula is C4H8N2O. The Labute approximate surface area is 42.1 Å². The van der Waals surface area contributed by atoms with E-state index in [0.29, 0.717) is 5.84 Å². The average molecular weight is 100 g/mol. The summed E-state index contributed by atoms with van der Waals surface area (Å²) in [6.07, 6.45) is 0.972. The quantitative estimate of drug-likeness (QED) is 0.468. The van der Waals surface area contributed by atoms with E-state index in [2.05, 4.69) is 5.16 Å². The first-order chi connectivity index (χ1) is 3.29. The summed E-state index contributed by atoms with van der Waals surface area (Å²) in [7, 11) is 0. The molecule has 1 rings (SSSR count). The fraction of sp³-hybridized carbons (Fsp3) is 0.750. The minimum absolute atomic E-state index is 0.194. The lowest BCUT2D eigenvalue weighted by molar-refractivity contribution is 0.0995. The molecule has 0 spiro atoms. The minimum Gasteiger partial charge on any atom is -0.391 e. The molecule has 1 aliphatic heterocycles. The Kier molecular flexibility index (Phi) is 0.889. The van der Waals surface area contributed by atoms with E-state index >= 15 is 0 Å². The van der Waals surface area contributed by atoms with Crippen molar-refractivity contribution in [3.8, 4) is 0 Å². The van der Waals surface area contributed by atoms with Crippen LogP contribution >= 0.6 is 0 Å². The summed E-state index contributed by atoms with van der Waals surface area (Å²) in [5.41, 5.74) is 5.25. The van der Waals surface area contributed by atoms with E-state index in [1.807, 2.05) is 6.92 Å². The third kappa shape index (κ3) is 0.824. The summed E-state index contributed by atoms with van der Waals surface area (Å²) in [6, 6.07) is 0. The highest BCUT2D eigenvalue weighted by atomic mass is 16.6. The molecule has 0 aromatic heterocycles. The Morgan fingerprint density at radius 1 is 2.00 bits per heavy atom. The molecular weight excluding hydrogens is 92.1 g/mol. The number of hydrogen-bond donors (Lipinski definition) is 1. The second kappa shape index (κ2) is 1.40. The highest BCUT2D eigenvalue weighted by Gasteiger charge is 2.11. The van der Waals surface area contributed by atoms with Gasteiger partial charge >= 0.3 is 0 Å². The van der Waals surface area contributed by atoms with Crippen molar-refractivity contribution in [3.05, 3.63) is 0 Å². The van der Waals surface area contributed by atoms with Gasteiger partial charge in [-0.05, 0) is 6.92 Å². The third-order valence-electron chi connectivity index (χ3n) is 0.846. The molecule has 40 valence electrons. The smallest absolute Gasteiger partial charge is 0.143 e. The predicted octanol–water partition coefficient (Wildman–Crippen LogP) is 0.0674. The number of oxime groups is 1. The van der Waals surface area contributed by atoms with Gasteiger partial charge in [0.25, 0.3) is 0 Å². The fourth-order valence-electron chi connectivity index (χ4n) is 0.527. The average Bonchev–Trinajstić information content (AvgIpc) is 1.87. The summed E-state index contributed by atoms with van der Waals surface area (Å²) < 4.78 is 0. The van der Waals surface area contributed by atoms with Crippen LogP contribution in [-0.4, -0.2) is 11.9 Å². The Balaban J connectivity index is 2.42. The van der Waals surface area contributed by atoms with Crippen molar-refractivity contribution in [2.45, 2.75) is 19.4 Å². The Morgan fingerprint density at radius 3 is 2.86 bits per heavy atom. The third-order valence-corrected chi connectivity index (χ3v) is 0.846. The molecule has 1 aliphatic rings. The van der Waals surface area contributed by atoms with Crippen LogP contribution < -0.4 is 5.73 Å². The molecule has 0 radical (unpaired) electrons. The molecule has 1 unspecified atom stereocenters. The van der Waals surface area contributed by atoms with Crippen LogP contribution in [0.4, 0.5) is 0 Å². The van der Waals surface area contributed by atoms with E-state index in [4.69, 9.17) is 10.6 Å². The first kappa shape index (κ1) is 4.43. The minimum atomic E-state index is 0.194. The van der Waals surface area contributed by atoms with E-state index < -0.39 is 0 Å². The standard InChI is InChI=1S/C4H8N2O/c1-3-2-4(5)6-7-3/h3H,2H2,1H3,(H2,5,6). The number of hydrogen-bond acceptors (Lipinski definition) is 3. The molecule has 3 heteroatoms. The van der Waals surface area contributed by atoms with Gasteiger partial charge in [0.15, 0.2) is 0 Å². The van der Waals surface area contributed by atoms with E-state index in [1.54, 1.807) is 0 Å². The number of rotatable bonds is 0. The van der Waals surface area contributed by atoms with Crippen LogP contribution in [0.15, 0.2) is 5.16 Å². The van der Waals surface area contributed by atoms with Gasteiger partial charge in [0.05, 0.1) is 0 Å². The summed E-state index contributed by atoms with van der Waals surface area (Å²) in [4.78, 5) is 4.73. The summed E-state index contributed by atoms with van der Waals surface area (Å²) in [5, 5.41) is 3.51. The molecule has 0 saturated carbocycles. The molecule has 0 aliphatic carbocycles. The van der Waals surface area contributed by atoms with E-state index in [9.17, 15) is 0 Å². The largest absolute Gasteiger partial charge is 0.391 e. The Hall–Kier alpha value is -0.730. The molecule has 7 heavy (non-hydrogen) atoms. The first-order valence-electron chi connectivity index (χ1n) is 2.27. The molecule has 1 atom stereocenters. The van der Waals surface area contributed by atoms with Gasteiger partial charge in [-0.25, -0.2) is 0 Å². The van der Waals surface area contributed by atoms with Crippen molar-refractivity contribution in [2.75, 3.05) is 0 Å². The van der Waals surface area contributed by atoms with Crippen LogP contribution in [0.25, 0.3) is 0 Å². The van der Waals surface area contributed by atoms with Gasteiger partial charge in [0, 0.05) is 6.42 Å². The van der Waals surface area contributed by atoms with Gasteiger partial charge in [0.2, 0.25) is 0 Å². The van der Waals surface area contributed by atoms with Crippen LogP contribution in [0.3, 0.4) is 0 Å². The fourth-order valence-corrected chi connectivity index (χ4v) is 0.527. The van der Waals surface area contributed by atoms with Crippen LogP contribution in [0, 0.1) is 0 Å². The molecule has 0 saturated heterocycles. The van der Waals surface area contributed by atoms with Crippen LogP contribution in [0.2, 0.25) is 0 Å². The number of nitrogens with two attached hydrogens (primary N) is 1. The Bertz CT molecular complexity index is 99.9. The lowest BCUT2D eigenvalue weighted by Crippen LogP contribution is -2.10. The van der Waals surface area contributed by atoms with Crippen molar-refractivity contribution in [3.63, 3.8) is 0 Å². The van der Waals surface area contributed by atoms with Crippen molar-refractivity contribution < 1.29 is 4.84 Å². The van der Waals surface area contributed by atoms with Crippen molar-refractivity contribution >= 4 is 5.84 Å².